The number of benzene rings is 1. The van der Waals surface area contributed by atoms with Gasteiger partial charge < -0.3 is 10.6 Å². The maximum atomic E-state index is 12.2. The highest BCUT2D eigenvalue weighted by atomic mass is 16.2. The lowest BCUT2D eigenvalue weighted by molar-refractivity contribution is -0.123. The van der Waals surface area contributed by atoms with Gasteiger partial charge in [-0.2, -0.15) is 0 Å². The van der Waals surface area contributed by atoms with Crippen LogP contribution in [0.5, 0.6) is 0 Å². The molecule has 1 aliphatic rings. The van der Waals surface area contributed by atoms with E-state index in [0.29, 0.717) is 0 Å². The van der Waals surface area contributed by atoms with Crippen LogP contribution in [0.4, 0.5) is 0 Å². The van der Waals surface area contributed by atoms with Crippen LogP contribution in [0.1, 0.15) is 44.2 Å². The molecule has 1 aromatic rings. The minimum Gasteiger partial charge on any atom is -0.348 e. The van der Waals surface area contributed by atoms with Crippen molar-refractivity contribution in [2.75, 3.05) is 6.54 Å². The molecule has 1 amide bonds. The van der Waals surface area contributed by atoms with E-state index in [4.69, 9.17) is 0 Å². The molecular weight excluding hydrogens is 224 g/mol. The zero-order valence-electron chi connectivity index (χ0n) is 11.0. The van der Waals surface area contributed by atoms with Crippen LogP contribution in [0.3, 0.4) is 0 Å². The summed E-state index contributed by atoms with van der Waals surface area (Å²) in [7, 11) is 0. The second-order valence-corrected chi connectivity index (χ2v) is 5.00. The first-order valence-electron chi connectivity index (χ1n) is 6.86. The maximum Gasteiger partial charge on any atom is 0.237 e. The van der Waals surface area contributed by atoms with Crippen molar-refractivity contribution < 1.29 is 4.79 Å². The second kappa shape index (κ2) is 6.55. The lowest BCUT2D eigenvalue weighted by Gasteiger charge is -2.20. The van der Waals surface area contributed by atoms with Crippen LogP contribution < -0.4 is 10.6 Å². The van der Waals surface area contributed by atoms with E-state index in [1.165, 1.54) is 12.8 Å². The number of hydrogen-bond donors (Lipinski definition) is 2. The van der Waals surface area contributed by atoms with Gasteiger partial charge in [0.1, 0.15) is 0 Å². The molecule has 2 rings (SSSR count). The van der Waals surface area contributed by atoms with Gasteiger partial charge in [-0.1, -0.05) is 43.2 Å². The van der Waals surface area contributed by atoms with Crippen molar-refractivity contribution in [3.05, 3.63) is 35.9 Å². The fourth-order valence-electron chi connectivity index (χ4n) is 2.39. The van der Waals surface area contributed by atoms with Crippen LogP contribution in [0.2, 0.25) is 0 Å². The van der Waals surface area contributed by atoms with Crippen LogP contribution in [-0.2, 0) is 4.79 Å². The van der Waals surface area contributed by atoms with Crippen LogP contribution in [-0.4, -0.2) is 18.5 Å². The zero-order chi connectivity index (χ0) is 12.8. The highest BCUT2D eigenvalue weighted by Crippen LogP contribution is 2.13. The molecule has 0 aromatic heterocycles. The Labute approximate surface area is 109 Å². The Hall–Kier alpha value is -1.35. The van der Waals surface area contributed by atoms with Crippen molar-refractivity contribution >= 4 is 5.91 Å². The molecule has 1 aromatic carbocycles. The van der Waals surface area contributed by atoms with Gasteiger partial charge in [-0.25, -0.2) is 0 Å². The molecule has 1 saturated heterocycles. The largest absolute Gasteiger partial charge is 0.348 e. The fraction of sp³-hybridized carbons (Fsp3) is 0.533. The maximum absolute atomic E-state index is 12.2. The molecule has 0 spiro atoms. The SMILES string of the molecule is C[C@@H](NC(=O)C1CCCCCN1)c1ccccc1. The summed E-state index contributed by atoms with van der Waals surface area (Å²) in [5.41, 5.74) is 1.15. The third kappa shape index (κ3) is 3.57. The zero-order valence-corrected chi connectivity index (χ0v) is 11.0. The van der Waals surface area contributed by atoms with Crippen LogP contribution in [0.25, 0.3) is 0 Å². The van der Waals surface area contributed by atoms with Gasteiger partial charge in [-0.15, -0.1) is 0 Å². The van der Waals surface area contributed by atoms with Crippen molar-refractivity contribution in [1.82, 2.24) is 10.6 Å². The Balaban J connectivity index is 1.90. The van der Waals surface area contributed by atoms with Gasteiger partial charge in [-0.05, 0) is 31.9 Å². The summed E-state index contributed by atoms with van der Waals surface area (Å²) in [5, 5.41) is 6.42. The molecule has 0 radical (unpaired) electrons. The highest BCUT2D eigenvalue weighted by Gasteiger charge is 2.20. The van der Waals surface area contributed by atoms with Gasteiger partial charge in [0.05, 0.1) is 12.1 Å². The summed E-state index contributed by atoms with van der Waals surface area (Å²) < 4.78 is 0. The predicted molar refractivity (Wildman–Crippen MR) is 73.3 cm³/mol. The molecule has 2 atom stereocenters. The molecule has 2 N–H and O–H groups in total. The van der Waals surface area contributed by atoms with Crippen LogP contribution in [0, 0.1) is 0 Å². The molecule has 3 nitrogen and oxygen atoms in total. The van der Waals surface area contributed by atoms with Crippen molar-refractivity contribution in [3.63, 3.8) is 0 Å². The van der Waals surface area contributed by atoms with Gasteiger partial charge in [0.25, 0.3) is 0 Å². The van der Waals surface area contributed by atoms with E-state index < -0.39 is 0 Å². The quantitative estimate of drug-likeness (QED) is 0.860. The van der Waals surface area contributed by atoms with Gasteiger partial charge in [0.2, 0.25) is 5.91 Å². The van der Waals surface area contributed by atoms with Crippen molar-refractivity contribution in [2.24, 2.45) is 0 Å². The Kier molecular flexibility index (Phi) is 4.76. The summed E-state index contributed by atoms with van der Waals surface area (Å²) in [5.74, 6) is 0.133. The average molecular weight is 246 g/mol. The van der Waals surface area contributed by atoms with E-state index in [2.05, 4.69) is 10.6 Å². The average Bonchev–Trinajstić information content (AvgIpc) is 2.68. The Morgan fingerprint density at radius 1 is 1.28 bits per heavy atom. The number of hydrogen-bond acceptors (Lipinski definition) is 2. The molecule has 1 aliphatic heterocycles. The van der Waals surface area contributed by atoms with E-state index in [-0.39, 0.29) is 18.0 Å². The van der Waals surface area contributed by atoms with Crippen molar-refractivity contribution in [1.29, 1.82) is 0 Å². The van der Waals surface area contributed by atoms with Gasteiger partial charge in [0, 0.05) is 0 Å². The molecular formula is C15H22N2O. The number of carbonyl (C=O) groups excluding carboxylic acids is 1. The van der Waals surface area contributed by atoms with E-state index in [9.17, 15) is 4.79 Å². The Morgan fingerprint density at radius 2 is 2.06 bits per heavy atom. The summed E-state index contributed by atoms with van der Waals surface area (Å²) in [4.78, 5) is 12.2. The molecule has 1 fully saturated rings. The van der Waals surface area contributed by atoms with Crippen LogP contribution >= 0.6 is 0 Å². The molecule has 0 saturated carbocycles. The summed E-state index contributed by atoms with van der Waals surface area (Å²) >= 11 is 0. The third-order valence-corrected chi connectivity index (χ3v) is 3.54. The second-order valence-electron chi connectivity index (χ2n) is 5.00. The molecule has 1 unspecified atom stereocenters. The molecule has 18 heavy (non-hydrogen) atoms. The minimum absolute atomic E-state index is 0.0151. The first-order valence-corrected chi connectivity index (χ1v) is 6.86. The molecule has 0 aliphatic carbocycles. The van der Waals surface area contributed by atoms with Gasteiger partial charge in [-0.3, -0.25) is 4.79 Å². The number of rotatable bonds is 3. The summed E-state index contributed by atoms with van der Waals surface area (Å²) in [6.45, 7) is 2.99. The molecule has 3 heteroatoms. The topological polar surface area (TPSA) is 41.1 Å². The Morgan fingerprint density at radius 3 is 2.83 bits per heavy atom. The molecule has 1 heterocycles. The van der Waals surface area contributed by atoms with Crippen molar-refractivity contribution in [2.45, 2.75) is 44.7 Å². The number of carbonyl (C=O) groups is 1. The first kappa shape index (κ1) is 13.1. The highest BCUT2D eigenvalue weighted by molar-refractivity contribution is 5.82. The van der Waals surface area contributed by atoms with E-state index in [1.807, 2.05) is 37.3 Å². The van der Waals surface area contributed by atoms with Gasteiger partial charge >= 0.3 is 0 Å². The normalized spacial score (nSPS) is 21.9. The molecule has 98 valence electrons. The predicted octanol–water partition coefficient (Wildman–Crippen LogP) is 2.40. The number of amides is 1. The van der Waals surface area contributed by atoms with Crippen molar-refractivity contribution in [3.8, 4) is 0 Å². The van der Waals surface area contributed by atoms with E-state index in [0.717, 1.165) is 24.9 Å². The van der Waals surface area contributed by atoms with Crippen LogP contribution in [0.15, 0.2) is 30.3 Å². The molecule has 0 bridgehead atoms. The minimum atomic E-state index is -0.0151. The Bertz CT molecular complexity index is 369. The summed E-state index contributed by atoms with van der Waals surface area (Å²) in [6, 6.07) is 10.1. The third-order valence-electron chi connectivity index (χ3n) is 3.54. The lowest BCUT2D eigenvalue weighted by Crippen LogP contribution is -2.44. The lowest BCUT2D eigenvalue weighted by atomic mass is 10.1. The summed E-state index contributed by atoms with van der Waals surface area (Å²) in [6.07, 6.45) is 4.50. The monoisotopic (exact) mass is 246 g/mol. The van der Waals surface area contributed by atoms with Gasteiger partial charge in [0.15, 0.2) is 0 Å². The fourth-order valence-corrected chi connectivity index (χ4v) is 2.39. The van der Waals surface area contributed by atoms with E-state index >= 15 is 0 Å². The number of nitrogens with one attached hydrogen (secondary N) is 2. The van der Waals surface area contributed by atoms with E-state index in [1.54, 1.807) is 0 Å². The smallest absolute Gasteiger partial charge is 0.237 e. The first-order chi connectivity index (χ1) is 8.77. The standard InChI is InChI=1S/C15H22N2O/c1-12(13-8-4-2-5-9-13)17-15(18)14-10-6-3-7-11-16-14/h2,4-5,8-9,12,14,16H,3,6-7,10-11H2,1H3,(H,17,18)/t12-,14?/m1/s1.